The SMILES string of the molecule is CCN1CCN(S(=O)(=O)c2cccc(NC(=O)CN3C(=O)COc4ccccc43)c2)CC1. The van der Waals surface area contributed by atoms with Gasteiger partial charge in [-0.3, -0.25) is 14.5 Å². The van der Waals surface area contributed by atoms with Crippen LogP contribution in [-0.4, -0.2) is 75.3 Å². The van der Waals surface area contributed by atoms with Crippen LogP contribution >= 0.6 is 0 Å². The van der Waals surface area contributed by atoms with E-state index < -0.39 is 15.9 Å². The molecule has 0 aromatic heterocycles. The van der Waals surface area contributed by atoms with Crippen LogP contribution in [0.25, 0.3) is 0 Å². The quantitative estimate of drug-likeness (QED) is 0.702. The Balaban J connectivity index is 1.45. The third-order valence-electron chi connectivity index (χ3n) is 5.64. The lowest BCUT2D eigenvalue weighted by atomic mass is 10.2. The van der Waals surface area contributed by atoms with E-state index in [1.54, 1.807) is 36.4 Å². The number of carbonyl (C=O) groups excluding carboxylic acids is 2. The van der Waals surface area contributed by atoms with Crippen LogP contribution in [0.4, 0.5) is 11.4 Å². The number of benzene rings is 2. The molecule has 2 amide bonds. The van der Waals surface area contributed by atoms with Crippen LogP contribution in [0.1, 0.15) is 6.92 Å². The van der Waals surface area contributed by atoms with Crippen LogP contribution in [0, 0.1) is 0 Å². The summed E-state index contributed by atoms with van der Waals surface area (Å²) in [6.07, 6.45) is 0. The van der Waals surface area contributed by atoms with Gasteiger partial charge in [0.1, 0.15) is 12.3 Å². The number of sulfonamides is 1. The van der Waals surface area contributed by atoms with Gasteiger partial charge >= 0.3 is 0 Å². The first-order valence-electron chi connectivity index (χ1n) is 10.5. The van der Waals surface area contributed by atoms with Crippen molar-refractivity contribution in [3.8, 4) is 5.75 Å². The number of hydrogen-bond donors (Lipinski definition) is 1. The number of carbonyl (C=O) groups is 2. The number of nitrogens with zero attached hydrogens (tertiary/aromatic N) is 3. The minimum absolute atomic E-state index is 0.132. The number of amides is 2. The Bertz CT molecular complexity index is 1110. The van der Waals surface area contributed by atoms with E-state index in [1.165, 1.54) is 21.3 Å². The van der Waals surface area contributed by atoms with Crippen molar-refractivity contribution in [3.63, 3.8) is 0 Å². The van der Waals surface area contributed by atoms with E-state index in [-0.39, 0.29) is 24.0 Å². The van der Waals surface area contributed by atoms with Gasteiger partial charge in [-0.1, -0.05) is 25.1 Å². The van der Waals surface area contributed by atoms with E-state index in [0.717, 1.165) is 6.54 Å². The van der Waals surface area contributed by atoms with Gasteiger partial charge in [0.15, 0.2) is 6.61 Å². The Morgan fingerprint density at radius 1 is 1.06 bits per heavy atom. The van der Waals surface area contributed by atoms with Crippen molar-refractivity contribution in [1.29, 1.82) is 0 Å². The number of nitrogens with one attached hydrogen (secondary N) is 1. The smallest absolute Gasteiger partial charge is 0.265 e. The summed E-state index contributed by atoms with van der Waals surface area (Å²) in [5.74, 6) is -0.210. The first kappa shape index (κ1) is 22.3. The summed E-state index contributed by atoms with van der Waals surface area (Å²) >= 11 is 0. The van der Waals surface area contributed by atoms with Crippen molar-refractivity contribution in [1.82, 2.24) is 9.21 Å². The summed E-state index contributed by atoms with van der Waals surface area (Å²) in [5.41, 5.74) is 0.888. The molecule has 0 saturated carbocycles. The minimum atomic E-state index is -3.65. The monoisotopic (exact) mass is 458 g/mol. The molecule has 9 nitrogen and oxygen atoms in total. The Morgan fingerprint density at radius 2 is 1.81 bits per heavy atom. The molecule has 0 unspecified atom stereocenters. The summed E-state index contributed by atoms with van der Waals surface area (Å²) in [6, 6.07) is 13.2. The zero-order valence-electron chi connectivity index (χ0n) is 17.9. The highest BCUT2D eigenvalue weighted by molar-refractivity contribution is 7.89. The van der Waals surface area contributed by atoms with Gasteiger partial charge in [-0.15, -0.1) is 0 Å². The zero-order chi connectivity index (χ0) is 22.7. The molecule has 0 atom stereocenters. The summed E-state index contributed by atoms with van der Waals surface area (Å²) in [7, 11) is -3.65. The average Bonchev–Trinajstić information content (AvgIpc) is 2.81. The summed E-state index contributed by atoms with van der Waals surface area (Å²) < 4.78 is 33.0. The molecule has 0 aliphatic carbocycles. The topological polar surface area (TPSA) is 99.3 Å². The fraction of sp³-hybridized carbons (Fsp3) is 0.364. The molecule has 0 radical (unpaired) electrons. The average molecular weight is 459 g/mol. The number of piperazine rings is 1. The van der Waals surface area contributed by atoms with Crippen molar-refractivity contribution in [3.05, 3.63) is 48.5 Å². The second kappa shape index (κ2) is 9.27. The maximum atomic E-state index is 13.0. The predicted octanol–water partition coefficient (Wildman–Crippen LogP) is 1.38. The third-order valence-corrected chi connectivity index (χ3v) is 7.54. The summed E-state index contributed by atoms with van der Waals surface area (Å²) in [4.78, 5) is 28.6. The number of likely N-dealkylation sites (N-methyl/N-ethyl adjacent to an activating group) is 1. The Kier molecular flexibility index (Phi) is 6.45. The molecule has 2 aromatic rings. The largest absolute Gasteiger partial charge is 0.482 e. The molecular weight excluding hydrogens is 432 g/mol. The van der Waals surface area contributed by atoms with Gasteiger partial charge in [0, 0.05) is 31.9 Å². The van der Waals surface area contributed by atoms with Crippen LogP contribution < -0.4 is 15.0 Å². The van der Waals surface area contributed by atoms with Crippen LogP contribution in [0.5, 0.6) is 5.75 Å². The number of rotatable bonds is 6. The molecule has 2 heterocycles. The highest BCUT2D eigenvalue weighted by atomic mass is 32.2. The van der Waals surface area contributed by atoms with E-state index >= 15 is 0 Å². The molecule has 32 heavy (non-hydrogen) atoms. The molecule has 4 rings (SSSR count). The maximum Gasteiger partial charge on any atom is 0.265 e. The Morgan fingerprint density at radius 3 is 2.56 bits per heavy atom. The second-order valence-electron chi connectivity index (χ2n) is 7.65. The van der Waals surface area contributed by atoms with Crippen LogP contribution in [-0.2, 0) is 19.6 Å². The highest BCUT2D eigenvalue weighted by Crippen LogP contribution is 2.31. The lowest BCUT2D eigenvalue weighted by molar-refractivity contribution is -0.123. The van der Waals surface area contributed by atoms with Gasteiger partial charge in [0.25, 0.3) is 5.91 Å². The van der Waals surface area contributed by atoms with E-state index in [0.29, 0.717) is 43.3 Å². The van der Waals surface area contributed by atoms with E-state index in [1.807, 2.05) is 0 Å². The van der Waals surface area contributed by atoms with Crippen LogP contribution in [0.3, 0.4) is 0 Å². The van der Waals surface area contributed by atoms with Gasteiger partial charge in [-0.05, 0) is 36.9 Å². The number of hydrogen-bond acceptors (Lipinski definition) is 6. The van der Waals surface area contributed by atoms with Crippen LogP contribution in [0.15, 0.2) is 53.4 Å². The van der Waals surface area contributed by atoms with E-state index in [9.17, 15) is 18.0 Å². The highest BCUT2D eigenvalue weighted by Gasteiger charge is 2.29. The minimum Gasteiger partial charge on any atom is -0.482 e. The first-order valence-corrected chi connectivity index (χ1v) is 12.0. The molecule has 170 valence electrons. The van der Waals surface area contributed by atoms with Crippen molar-refractivity contribution < 1.29 is 22.7 Å². The molecule has 2 aromatic carbocycles. The number of anilines is 2. The van der Waals surface area contributed by atoms with Crippen molar-refractivity contribution in [2.24, 2.45) is 0 Å². The number of fused-ring (bicyclic) bond motifs is 1. The van der Waals surface area contributed by atoms with Crippen LogP contribution in [0.2, 0.25) is 0 Å². The number of para-hydroxylation sites is 2. The van der Waals surface area contributed by atoms with Crippen molar-refractivity contribution >= 4 is 33.2 Å². The van der Waals surface area contributed by atoms with E-state index in [4.69, 9.17) is 4.74 Å². The lowest BCUT2D eigenvalue weighted by Gasteiger charge is -2.33. The normalized spacial score (nSPS) is 17.5. The molecule has 1 saturated heterocycles. The third kappa shape index (κ3) is 4.62. The van der Waals surface area contributed by atoms with E-state index in [2.05, 4.69) is 17.1 Å². The fourth-order valence-corrected chi connectivity index (χ4v) is 5.31. The van der Waals surface area contributed by atoms with Gasteiger partial charge < -0.3 is 15.0 Å². The van der Waals surface area contributed by atoms with Gasteiger partial charge in [-0.2, -0.15) is 4.31 Å². The predicted molar refractivity (Wildman–Crippen MR) is 120 cm³/mol. The zero-order valence-corrected chi connectivity index (χ0v) is 18.7. The molecule has 10 heteroatoms. The Labute approximate surface area is 187 Å². The fourth-order valence-electron chi connectivity index (χ4n) is 3.84. The standard InChI is InChI=1S/C22H26N4O5S/c1-2-24-10-12-25(13-11-24)32(29,30)18-7-5-6-17(14-18)23-21(27)15-26-19-8-3-4-9-20(19)31-16-22(26)28/h3-9,14H,2,10-13,15-16H2,1H3,(H,23,27). The second-order valence-corrected chi connectivity index (χ2v) is 9.59. The van der Waals surface area contributed by atoms with Gasteiger partial charge in [0.2, 0.25) is 15.9 Å². The summed E-state index contributed by atoms with van der Waals surface area (Å²) in [5, 5.41) is 2.71. The molecule has 1 fully saturated rings. The Hall–Kier alpha value is -2.95. The lowest BCUT2D eigenvalue weighted by Crippen LogP contribution is -2.48. The summed E-state index contributed by atoms with van der Waals surface area (Å²) in [6.45, 7) is 4.88. The van der Waals surface area contributed by atoms with Gasteiger partial charge in [0.05, 0.1) is 10.6 Å². The van der Waals surface area contributed by atoms with Gasteiger partial charge in [-0.25, -0.2) is 8.42 Å². The molecular formula is C22H26N4O5S. The molecule has 0 bridgehead atoms. The van der Waals surface area contributed by atoms with Crippen molar-refractivity contribution in [2.45, 2.75) is 11.8 Å². The molecule has 1 N–H and O–H groups in total. The number of ether oxygens (including phenoxy) is 1. The maximum absolute atomic E-state index is 13.0. The first-order chi connectivity index (χ1) is 15.4. The molecule has 2 aliphatic rings. The molecule has 0 spiro atoms. The molecule has 2 aliphatic heterocycles. The van der Waals surface area contributed by atoms with Crippen molar-refractivity contribution in [2.75, 3.05) is 56.1 Å².